The van der Waals surface area contributed by atoms with Gasteiger partial charge in [-0.1, -0.05) is 17.8 Å². The van der Waals surface area contributed by atoms with Crippen LogP contribution in [0.5, 0.6) is 0 Å². The third-order valence-corrected chi connectivity index (χ3v) is 7.53. The molecule has 8 nitrogen and oxygen atoms in total. The smallest absolute Gasteiger partial charge is 0.416 e. The molecule has 0 bridgehead atoms. The number of rotatable bonds is 8. The number of halogens is 3. The van der Waals surface area contributed by atoms with Gasteiger partial charge in [-0.25, -0.2) is 0 Å². The number of unbranched alkanes of at least 4 members (excludes halogenated alkanes) is 1. The Morgan fingerprint density at radius 1 is 1.05 bits per heavy atom. The van der Waals surface area contributed by atoms with Crippen LogP contribution in [-0.4, -0.2) is 63.4 Å². The maximum Gasteiger partial charge on any atom is 0.416 e. The van der Waals surface area contributed by atoms with Gasteiger partial charge in [-0.15, -0.1) is 10.2 Å². The summed E-state index contributed by atoms with van der Waals surface area (Å²) in [5.41, 5.74) is -0.463. The molecule has 0 unspecified atom stereocenters. The van der Waals surface area contributed by atoms with Gasteiger partial charge >= 0.3 is 6.18 Å². The lowest BCUT2D eigenvalue weighted by Crippen LogP contribution is -2.47. The van der Waals surface area contributed by atoms with Crippen molar-refractivity contribution in [2.45, 2.75) is 49.2 Å². The highest BCUT2D eigenvalue weighted by atomic mass is 32.2. The van der Waals surface area contributed by atoms with Gasteiger partial charge in [-0.2, -0.15) is 13.2 Å². The van der Waals surface area contributed by atoms with E-state index in [1.165, 1.54) is 24.1 Å². The van der Waals surface area contributed by atoms with Crippen molar-refractivity contribution in [1.29, 1.82) is 0 Å². The highest BCUT2D eigenvalue weighted by Gasteiger charge is 2.40. The number of carbonyl (C=O) groups excluding carboxylic acids is 1. The summed E-state index contributed by atoms with van der Waals surface area (Å²) in [5, 5.41) is 8.85. The van der Waals surface area contributed by atoms with Crippen molar-refractivity contribution in [3.63, 3.8) is 0 Å². The Hall–Kier alpha value is -2.83. The molecule has 1 spiro atoms. The Morgan fingerprint density at radius 3 is 2.54 bits per heavy atom. The summed E-state index contributed by atoms with van der Waals surface area (Å²) in [7, 11) is 0. The number of hydrogen-bond donors (Lipinski definition) is 0. The lowest BCUT2D eigenvalue weighted by atomic mass is 10.0. The summed E-state index contributed by atoms with van der Waals surface area (Å²) in [6.07, 6.45) is 0.263. The summed E-state index contributed by atoms with van der Waals surface area (Å²) in [5.74, 6) is 0.967. The number of hydrogen-bond acceptors (Lipinski definition) is 7. The number of alkyl halides is 3. The fourth-order valence-corrected chi connectivity index (χ4v) is 5.52. The molecule has 37 heavy (non-hydrogen) atoms. The first kappa shape index (κ1) is 25.8. The van der Waals surface area contributed by atoms with Crippen LogP contribution in [0.15, 0.2) is 52.2 Å². The second-order valence-electron chi connectivity index (χ2n) is 8.96. The lowest BCUT2D eigenvalue weighted by molar-refractivity contribution is -0.187. The predicted molar refractivity (Wildman–Crippen MR) is 129 cm³/mol. The van der Waals surface area contributed by atoms with Crippen molar-refractivity contribution in [3.8, 4) is 17.3 Å². The lowest BCUT2D eigenvalue weighted by Gasteiger charge is -2.37. The number of nitrogens with zero attached hydrogens (tertiary/aromatic N) is 4. The first-order chi connectivity index (χ1) is 17.8. The molecule has 1 aromatic carbocycles. The van der Waals surface area contributed by atoms with Gasteiger partial charge in [0, 0.05) is 38.1 Å². The molecular weight excluding hydrogens is 509 g/mol. The molecule has 2 aliphatic rings. The number of aromatic nitrogens is 3. The third kappa shape index (κ3) is 5.86. The number of thioether (sulfide) groups is 1. The minimum Gasteiger partial charge on any atom is -0.461 e. The van der Waals surface area contributed by atoms with Crippen molar-refractivity contribution in [2.75, 3.05) is 32.1 Å². The molecule has 0 saturated carbocycles. The van der Waals surface area contributed by atoms with Crippen molar-refractivity contribution < 1.29 is 31.9 Å². The topological polar surface area (TPSA) is 82.6 Å². The number of ether oxygens (including phenoxy) is 2. The average Bonchev–Trinajstić information content (AvgIpc) is 3.65. The molecule has 4 heterocycles. The van der Waals surface area contributed by atoms with E-state index >= 15 is 0 Å². The van der Waals surface area contributed by atoms with E-state index in [9.17, 15) is 18.0 Å². The molecule has 0 aliphatic carbocycles. The molecule has 198 valence electrons. The maximum absolute atomic E-state index is 13.3. The highest BCUT2D eigenvalue weighted by Crippen LogP contribution is 2.34. The zero-order valence-electron chi connectivity index (χ0n) is 20.1. The average molecular weight is 537 g/mol. The van der Waals surface area contributed by atoms with Gasteiger partial charge in [-0.3, -0.25) is 9.36 Å². The highest BCUT2D eigenvalue weighted by molar-refractivity contribution is 7.99. The SMILES string of the molecule is O=C(CCCCSc1nnc(-c2ccco2)n1-c1cccc(C(F)(F)F)c1)N1CCC2(CC1)OCCO2. The van der Waals surface area contributed by atoms with Gasteiger partial charge < -0.3 is 18.8 Å². The Bertz CT molecular complexity index is 1200. The Labute approximate surface area is 216 Å². The van der Waals surface area contributed by atoms with E-state index in [0.29, 0.717) is 80.2 Å². The quantitative estimate of drug-likeness (QED) is 0.290. The predicted octanol–water partition coefficient (Wildman–Crippen LogP) is 5.17. The second-order valence-corrected chi connectivity index (χ2v) is 10.0. The molecule has 2 saturated heterocycles. The number of benzene rings is 1. The number of carbonyl (C=O) groups is 1. The molecule has 3 aromatic rings. The maximum atomic E-state index is 13.3. The first-order valence-corrected chi connectivity index (χ1v) is 13.2. The van der Waals surface area contributed by atoms with E-state index in [0.717, 1.165) is 18.6 Å². The summed E-state index contributed by atoms with van der Waals surface area (Å²) < 4.78 is 58.5. The molecule has 2 fully saturated rings. The number of likely N-dealkylation sites (tertiary alicyclic amines) is 1. The monoisotopic (exact) mass is 536 g/mol. The van der Waals surface area contributed by atoms with E-state index < -0.39 is 17.5 Å². The van der Waals surface area contributed by atoms with Crippen LogP contribution in [0, 0.1) is 0 Å². The minimum absolute atomic E-state index is 0.116. The number of amides is 1. The minimum atomic E-state index is -4.47. The van der Waals surface area contributed by atoms with Crippen LogP contribution < -0.4 is 0 Å². The van der Waals surface area contributed by atoms with Crippen LogP contribution in [0.4, 0.5) is 13.2 Å². The molecule has 2 aromatic heterocycles. The number of furan rings is 1. The molecular formula is C25H27F3N4O4S. The summed E-state index contributed by atoms with van der Waals surface area (Å²) >= 11 is 1.38. The zero-order valence-corrected chi connectivity index (χ0v) is 20.9. The Balaban J connectivity index is 1.19. The first-order valence-electron chi connectivity index (χ1n) is 12.2. The Kier molecular flexibility index (Phi) is 7.59. The van der Waals surface area contributed by atoms with Gasteiger partial charge in [-0.05, 0) is 43.2 Å². The summed E-state index contributed by atoms with van der Waals surface area (Å²) in [6, 6.07) is 8.40. The summed E-state index contributed by atoms with van der Waals surface area (Å²) in [6.45, 7) is 2.47. The van der Waals surface area contributed by atoms with Crippen LogP contribution in [0.25, 0.3) is 17.3 Å². The Morgan fingerprint density at radius 2 is 1.84 bits per heavy atom. The molecule has 0 atom stereocenters. The van der Waals surface area contributed by atoms with E-state index in [1.807, 2.05) is 4.90 Å². The summed E-state index contributed by atoms with van der Waals surface area (Å²) in [4.78, 5) is 14.5. The normalized spacial score (nSPS) is 17.5. The molecule has 2 aliphatic heterocycles. The largest absolute Gasteiger partial charge is 0.461 e. The molecule has 5 rings (SSSR count). The van der Waals surface area contributed by atoms with Gasteiger partial charge in [0.1, 0.15) is 0 Å². The van der Waals surface area contributed by atoms with Crippen LogP contribution in [0.3, 0.4) is 0 Å². The van der Waals surface area contributed by atoms with E-state index in [-0.39, 0.29) is 5.91 Å². The van der Waals surface area contributed by atoms with Crippen LogP contribution >= 0.6 is 11.8 Å². The second kappa shape index (κ2) is 10.9. The van der Waals surface area contributed by atoms with Gasteiger partial charge in [0.05, 0.1) is 30.7 Å². The fourth-order valence-electron chi connectivity index (χ4n) is 4.57. The van der Waals surface area contributed by atoms with Crippen molar-refractivity contribution in [2.24, 2.45) is 0 Å². The van der Waals surface area contributed by atoms with Gasteiger partial charge in [0.2, 0.25) is 11.7 Å². The molecule has 0 N–H and O–H groups in total. The van der Waals surface area contributed by atoms with Crippen LogP contribution in [-0.2, 0) is 20.4 Å². The standard InChI is InChI=1S/C25H27F3N4O4S/c26-25(27,28)18-5-3-6-19(17-18)32-22(20-7-4-13-34-20)29-30-23(32)37-16-2-1-8-21(33)31-11-9-24(10-12-31)35-14-15-36-24/h3-7,13,17H,1-2,8-12,14-16H2. The zero-order chi connectivity index (χ0) is 25.9. The van der Waals surface area contributed by atoms with E-state index in [2.05, 4.69) is 10.2 Å². The van der Waals surface area contributed by atoms with Gasteiger partial charge in [0.25, 0.3) is 0 Å². The molecule has 1 amide bonds. The third-order valence-electron chi connectivity index (χ3n) is 6.51. The van der Waals surface area contributed by atoms with Crippen molar-refractivity contribution in [1.82, 2.24) is 19.7 Å². The molecule has 0 radical (unpaired) electrons. The van der Waals surface area contributed by atoms with Crippen LogP contribution in [0.1, 0.15) is 37.7 Å². The van der Waals surface area contributed by atoms with Crippen LogP contribution in [0.2, 0.25) is 0 Å². The van der Waals surface area contributed by atoms with Gasteiger partial charge in [0.15, 0.2) is 16.7 Å². The van der Waals surface area contributed by atoms with E-state index in [1.54, 1.807) is 22.8 Å². The number of piperidine rings is 1. The van der Waals surface area contributed by atoms with Crippen molar-refractivity contribution in [3.05, 3.63) is 48.2 Å². The van der Waals surface area contributed by atoms with E-state index in [4.69, 9.17) is 13.9 Å². The fraction of sp³-hybridized carbons (Fsp3) is 0.480. The molecule has 12 heteroatoms. The van der Waals surface area contributed by atoms with Crippen molar-refractivity contribution >= 4 is 17.7 Å².